The van der Waals surface area contributed by atoms with Gasteiger partial charge >= 0.3 is 0 Å². The lowest BCUT2D eigenvalue weighted by Gasteiger charge is -2.31. The molecule has 132 valence electrons. The number of methoxy groups -OCH3 is 2. The summed E-state index contributed by atoms with van der Waals surface area (Å²) in [6.45, 7) is 2.68. The number of carbonyl (C=O) groups excluding carboxylic acids is 1. The lowest BCUT2D eigenvalue weighted by Crippen LogP contribution is -2.38. The molecule has 0 N–H and O–H groups in total. The fourth-order valence-electron chi connectivity index (χ4n) is 3.05. The summed E-state index contributed by atoms with van der Waals surface area (Å²) in [4.78, 5) is 14.5. The van der Waals surface area contributed by atoms with Gasteiger partial charge in [-0.1, -0.05) is 17.7 Å². The minimum atomic E-state index is -0.0724. The molecule has 0 bridgehead atoms. The first-order valence-electron chi connectivity index (χ1n) is 8.37. The van der Waals surface area contributed by atoms with Gasteiger partial charge in [-0.2, -0.15) is 0 Å². The van der Waals surface area contributed by atoms with E-state index in [1.54, 1.807) is 19.1 Å². The van der Waals surface area contributed by atoms with Crippen molar-refractivity contribution in [1.29, 1.82) is 0 Å². The molecule has 1 amide bonds. The van der Waals surface area contributed by atoms with Crippen molar-refractivity contribution < 1.29 is 19.0 Å². The van der Waals surface area contributed by atoms with E-state index < -0.39 is 0 Å². The number of carbonyl (C=O) groups is 1. The van der Waals surface area contributed by atoms with Crippen molar-refractivity contribution in [3.8, 4) is 17.2 Å². The van der Waals surface area contributed by atoms with Gasteiger partial charge in [0.15, 0.2) is 6.61 Å². The number of hydrogen-bond acceptors (Lipinski definition) is 4. The molecule has 0 aromatic heterocycles. The number of ether oxygens (including phenoxy) is 3. The van der Waals surface area contributed by atoms with Gasteiger partial charge in [-0.25, -0.2) is 0 Å². The van der Waals surface area contributed by atoms with Gasteiger partial charge in [-0.15, -0.1) is 0 Å². The van der Waals surface area contributed by atoms with Crippen LogP contribution in [0.2, 0.25) is 0 Å². The van der Waals surface area contributed by atoms with Crippen molar-refractivity contribution >= 4 is 11.6 Å². The summed E-state index contributed by atoms with van der Waals surface area (Å²) in [5, 5.41) is 0. The van der Waals surface area contributed by atoms with Gasteiger partial charge in [0.1, 0.15) is 17.2 Å². The molecule has 0 radical (unpaired) electrons. The maximum atomic E-state index is 12.7. The van der Waals surface area contributed by atoms with Crippen LogP contribution in [-0.4, -0.2) is 33.3 Å². The van der Waals surface area contributed by atoms with E-state index >= 15 is 0 Å². The Bertz CT molecular complexity index is 755. The van der Waals surface area contributed by atoms with Gasteiger partial charge in [0.2, 0.25) is 0 Å². The van der Waals surface area contributed by atoms with Crippen LogP contribution >= 0.6 is 0 Å². The minimum Gasteiger partial charge on any atom is -0.497 e. The topological polar surface area (TPSA) is 48.0 Å². The molecule has 1 aliphatic heterocycles. The molecule has 0 unspecified atom stereocenters. The summed E-state index contributed by atoms with van der Waals surface area (Å²) in [6, 6.07) is 11.4. The molecule has 0 spiro atoms. The van der Waals surface area contributed by atoms with Crippen molar-refractivity contribution in [2.24, 2.45) is 0 Å². The molecule has 0 saturated heterocycles. The van der Waals surface area contributed by atoms with Gasteiger partial charge in [0.05, 0.1) is 19.9 Å². The first-order chi connectivity index (χ1) is 12.1. The Morgan fingerprint density at radius 2 is 1.84 bits per heavy atom. The van der Waals surface area contributed by atoms with E-state index in [1.165, 1.54) is 0 Å². The zero-order valence-corrected chi connectivity index (χ0v) is 14.9. The third-order valence-corrected chi connectivity index (χ3v) is 4.40. The van der Waals surface area contributed by atoms with Crippen LogP contribution < -0.4 is 19.1 Å². The van der Waals surface area contributed by atoms with Gasteiger partial charge < -0.3 is 19.1 Å². The SMILES string of the molecule is COc1cc(OC)c2c(c1)N(C(=O)COc1ccc(C)cc1)CCC2. The molecule has 1 heterocycles. The third kappa shape index (κ3) is 3.71. The van der Waals surface area contributed by atoms with Crippen molar-refractivity contribution in [2.75, 3.05) is 32.3 Å². The number of nitrogens with zero attached hydrogens (tertiary/aromatic N) is 1. The molecule has 5 nitrogen and oxygen atoms in total. The quantitative estimate of drug-likeness (QED) is 0.837. The van der Waals surface area contributed by atoms with Crippen LogP contribution in [0.15, 0.2) is 36.4 Å². The second-order valence-corrected chi connectivity index (χ2v) is 6.08. The summed E-state index contributed by atoms with van der Waals surface area (Å²) in [5.74, 6) is 2.05. The highest BCUT2D eigenvalue weighted by Crippen LogP contribution is 2.38. The van der Waals surface area contributed by atoms with E-state index in [4.69, 9.17) is 14.2 Å². The molecular weight excluding hydrogens is 318 g/mol. The molecule has 25 heavy (non-hydrogen) atoms. The number of anilines is 1. The van der Waals surface area contributed by atoms with Crippen molar-refractivity contribution in [1.82, 2.24) is 0 Å². The van der Waals surface area contributed by atoms with Gasteiger partial charge in [-0.05, 0) is 31.9 Å². The monoisotopic (exact) mass is 341 g/mol. The highest BCUT2D eigenvalue weighted by molar-refractivity contribution is 5.96. The molecule has 1 aliphatic rings. The molecule has 0 aliphatic carbocycles. The van der Waals surface area contributed by atoms with Crippen LogP contribution in [0.25, 0.3) is 0 Å². The van der Waals surface area contributed by atoms with E-state index in [1.807, 2.05) is 43.3 Å². The molecule has 2 aromatic rings. The predicted molar refractivity (Wildman–Crippen MR) is 96.9 cm³/mol. The summed E-state index contributed by atoms with van der Waals surface area (Å²) >= 11 is 0. The van der Waals surface area contributed by atoms with E-state index in [-0.39, 0.29) is 12.5 Å². The van der Waals surface area contributed by atoms with Crippen LogP contribution in [0.5, 0.6) is 17.2 Å². The van der Waals surface area contributed by atoms with Gasteiger partial charge in [-0.3, -0.25) is 4.79 Å². The van der Waals surface area contributed by atoms with Crippen molar-refractivity contribution in [3.05, 3.63) is 47.5 Å². The van der Waals surface area contributed by atoms with E-state index in [0.717, 1.165) is 35.4 Å². The van der Waals surface area contributed by atoms with Gasteiger partial charge in [0.25, 0.3) is 5.91 Å². The number of amides is 1. The highest BCUT2D eigenvalue weighted by Gasteiger charge is 2.26. The number of aryl methyl sites for hydroxylation is 1. The lowest BCUT2D eigenvalue weighted by molar-refractivity contribution is -0.120. The number of rotatable bonds is 5. The average Bonchev–Trinajstić information content (AvgIpc) is 2.65. The lowest BCUT2D eigenvalue weighted by atomic mass is 10.00. The highest BCUT2D eigenvalue weighted by atomic mass is 16.5. The summed E-state index contributed by atoms with van der Waals surface area (Å²) < 4.78 is 16.5. The Morgan fingerprint density at radius 3 is 2.52 bits per heavy atom. The predicted octanol–water partition coefficient (Wildman–Crippen LogP) is 3.37. The van der Waals surface area contributed by atoms with Crippen molar-refractivity contribution in [2.45, 2.75) is 19.8 Å². The smallest absolute Gasteiger partial charge is 0.264 e. The number of hydrogen-bond donors (Lipinski definition) is 0. The average molecular weight is 341 g/mol. The summed E-state index contributed by atoms with van der Waals surface area (Å²) in [7, 11) is 3.24. The first kappa shape index (κ1) is 17.1. The molecule has 0 saturated carbocycles. The van der Waals surface area contributed by atoms with E-state index in [2.05, 4.69) is 0 Å². The second-order valence-electron chi connectivity index (χ2n) is 6.08. The number of fused-ring (bicyclic) bond motifs is 1. The van der Waals surface area contributed by atoms with Crippen LogP contribution in [-0.2, 0) is 11.2 Å². The maximum absolute atomic E-state index is 12.7. The summed E-state index contributed by atoms with van der Waals surface area (Å²) in [5.41, 5.74) is 3.04. The van der Waals surface area contributed by atoms with Crippen LogP contribution in [0, 0.1) is 6.92 Å². The standard InChI is InChI=1S/C20H23NO4/c1-14-6-8-15(9-7-14)25-13-20(22)21-10-4-5-17-18(21)11-16(23-2)12-19(17)24-3/h6-9,11-12H,4-5,10,13H2,1-3H3. The van der Waals surface area contributed by atoms with Crippen molar-refractivity contribution in [3.63, 3.8) is 0 Å². The Kier molecular flexibility index (Phi) is 5.12. The molecule has 0 atom stereocenters. The fourth-order valence-corrected chi connectivity index (χ4v) is 3.05. The molecule has 2 aromatic carbocycles. The normalized spacial score (nSPS) is 13.2. The molecule has 5 heteroatoms. The Morgan fingerprint density at radius 1 is 1.08 bits per heavy atom. The van der Waals surface area contributed by atoms with Gasteiger partial charge in [0, 0.05) is 24.2 Å². The third-order valence-electron chi connectivity index (χ3n) is 4.40. The zero-order valence-electron chi connectivity index (χ0n) is 14.9. The van der Waals surface area contributed by atoms with E-state index in [0.29, 0.717) is 18.0 Å². The molecule has 3 rings (SSSR count). The second kappa shape index (κ2) is 7.47. The zero-order chi connectivity index (χ0) is 17.8. The van der Waals surface area contributed by atoms with Crippen LogP contribution in [0.4, 0.5) is 5.69 Å². The Balaban J connectivity index is 1.79. The van der Waals surface area contributed by atoms with E-state index in [9.17, 15) is 4.79 Å². The first-order valence-corrected chi connectivity index (χ1v) is 8.37. The number of benzene rings is 2. The largest absolute Gasteiger partial charge is 0.497 e. The minimum absolute atomic E-state index is 0.00201. The van der Waals surface area contributed by atoms with Crippen LogP contribution in [0.1, 0.15) is 17.5 Å². The fraction of sp³-hybridized carbons (Fsp3) is 0.350. The maximum Gasteiger partial charge on any atom is 0.264 e. The molecular formula is C20H23NO4. The Labute approximate surface area is 148 Å². The van der Waals surface area contributed by atoms with Crippen LogP contribution in [0.3, 0.4) is 0 Å². The summed E-state index contributed by atoms with van der Waals surface area (Å²) in [6.07, 6.45) is 1.77. The molecule has 0 fully saturated rings. The Hall–Kier alpha value is -2.69.